The fourth-order valence-corrected chi connectivity index (χ4v) is 2.25. The Morgan fingerprint density at radius 2 is 2.26 bits per heavy atom. The Morgan fingerprint density at radius 1 is 1.53 bits per heavy atom. The number of aromatic nitrogens is 1. The van der Waals surface area contributed by atoms with Gasteiger partial charge in [-0.15, -0.1) is 0 Å². The third-order valence-corrected chi connectivity index (χ3v) is 3.76. The van der Waals surface area contributed by atoms with Crippen molar-refractivity contribution < 1.29 is 9.53 Å². The Balaban J connectivity index is 2.03. The van der Waals surface area contributed by atoms with Crippen LogP contribution >= 0.6 is 0 Å². The molecule has 0 aliphatic heterocycles. The Kier molecular flexibility index (Phi) is 4.20. The van der Waals surface area contributed by atoms with E-state index in [9.17, 15) is 4.79 Å². The molecule has 2 rings (SSSR count). The van der Waals surface area contributed by atoms with Gasteiger partial charge in [0.1, 0.15) is 0 Å². The minimum absolute atomic E-state index is 0.0116. The number of ether oxygens (including phenoxy) is 1. The zero-order valence-corrected chi connectivity index (χ0v) is 11.9. The summed E-state index contributed by atoms with van der Waals surface area (Å²) < 4.78 is 5.15. The second-order valence-corrected chi connectivity index (χ2v) is 5.41. The van der Waals surface area contributed by atoms with Crippen molar-refractivity contribution in [3.8, 4) is 0 Å². The lowest BCUT2D eigenvalue weighted by Gasteiger charge is -2.21. The lowest BCUT2D eigenvalue weighted by Crippen LogP contribution is -2.37. The van der Waals surface area contributed by atoms with Crippen molar-refractivity contribution in [1.82, 2.24) is 10.3 Å². The Hall–Kier alpha value is -1.42. The van der Waals surface area contributed by atoms with Gasteiger partial charge in [-0.05, 0) is 37.8 Å². The highest BCUT2D eigenvalue weighted by Crippen LogP contribution is 2.46. The number of hydrogen-bond acceptors (Lipinski definition) is 3. The standard InChI is InChI=1S/C15H22N2O2/c1-4-12(13-6-5-11(2)9-16-13)17-14(18)15(7-8-15)10-19-3/h5-6,9,12H,4,7-8,10H2,1-3H3,(H,17,18). The van der Waals surface area contributed by atoms with Crippen LogP contribution in [0.25, 0.3) is 0 Å². The molecule has 0 spiro atoms. The van der Waals surface area contributed by atoms with E-state index in [1.807, 2.05) is 25.3 Å². The summed E-state index contributed by atoms with van der Waals surface area (Å²) in [5.74, 6) is 0.101. The van der Waals surface area contributed by atoms with Crippen molar-refractivity contribution in [2.24, 2.45) is 5.41 Å². The van der Waals surface area contributed by atoms with Crippen LogP contribution in [0, 0.1) is 12.3 Å². The molecule has 1 atom stereocenters. The molecule has 1 aliphatic rings. The fraction of sp³-hybridized carbons (Fsp3) is 0.600. The summed E-state index contributed by atoms with van der Waals surface area (Å²) in [6.07, 6.45) is 4.52. The van der Waals surface area contributed by atoms with Gasteiger partial charge in [0, 0.05) is 13.3 Å². The number of carbonyl (C=O) groups excluding carboxylic acids is 1. The van der Waals surface area contributed by atoms with Crippen LogP contribution in [0.1, 0.15) is 43.5 Å². The quantitative estimate of drug-likeness (QED) is 0.856. The maximum Gasteiger partial charge on any atom is 0.229 e. The summed E-state index contributed by atoms with van der Waals surface area (Å²) in [5.41, 5.74) is 1.77. The first-order chi connectivity index (χ1) is 9.11. The van der Waals surface area contributed by atoms with Crippen molar-refractivity contribution >= 4 is 5.91 Å². The molecular weight excluding hydrogens is 240 g/mol. The number of rotatable bonds is 6. The van der Waals surface area contributed by atoms with Crippen molar-refractivity contribution in [2.75, 3.05) is 13.7 Å². The summed E-state index contributed by atoms with van der Waals surface area (Å²) in [4.78, 5) is 16.7. The SMILES string of the molecule is CCC(NC(=O)C1(COC)CC1)c1ccc(C)cn1. The van der Waals surface area contributed by atoms with Crippen LogP contribution in [0.4, 0.5) is 0 Å². The first-order valence-corrected chi connectivity index (χ1v) is 6.84. The maximum atomic E-state index is 12.3. The average Bonchev–Trinajstić information content (AvgIpc) is 3.18. The summed E-state index contributed by atoms with van der Waals surface area (Å²) in [6, 6.07) is 4.00. The zero-order chi connectivity index (χ0) is 13.9. The molecule has 1 N–H and O–H groups in total. The lowest BCUT2D eigenvalue weighted by atomic mass is 10.0. The van der Waals surface area contributed by atoms with Gasteiger partial charge in [0.25, 0.3) is 0 Å². The van der Waals surface area contributed by atoms with E-state index in [0.717, 1.165) is 30.5 Å². The number of amides is 1. The molecule has 1 saturated carbocycles. The number of nitrogens with zero attached hydrogens (tertiary/aromatic N) is 1. The monoisotopic (exact) mass is 262 g/mol. The smallest absolute Gasteiger partial charge is 0.229 e. The van der Waals surface area contributed by atoms with Crippen LogP contribution in [0.5, 0.6) is 0 Å². The normalized spacial score (nSPS) is 17.8. The van der Waals surface area contributed by atoms with E-state index in [2.05, 4.69) is 17.2 Å². The Morgan fingerprint density at radius 3 is 2.74 bits per heavy atom. The predicted molar refractivity (Wildman–Crippen MR) is 73.7 cm³/mol. The number of aryl methyl sites for hydroxylation is 1. The van der Waals surface area contributed by atoms with E-state index in [0.29, 0.717) is 6.61 Å². The van der Waals surface area contributed by atoms with E-state index in [1.54, 1.807) is 7.11 Å². The van der Waals surface area contributed by atoms with Crippen LogP contribution in [0.2, 0.25) is 0 Å². The number of nitrogens with one attached hydrogen (secondary N) is 1. The minimum atomic E-state index is -0.285. The fourth-order valence-electron chi connectivity index (χ4n) is 2.25. The molecule has 1 aromatic heterocycles. The Bertz CT molecular complexity index is 438. The van der Waals surface area contributed by atoms with E-state index in [1.165, 1.54) is 0 Å². The van der Waals surface area contributed by atoms with E-state index in [-0.39, 0.29) is 17.4 Å². The molecule has 1 aromatic rings. The second kappa shape index (κ2) is 5.70. The van der Waals surface area contributed by atoms with Gasteiger partial charge in [0.15, 0.2) is 0 Å². The van der Waals surface area contributed by atoms with Crippen molar-refractivity contribution in [3.05, 3.63) is 29.6 Å². The topological polar surface area (TPSA) is 51.2 Å². The molecular formula is C15H22N2O2. The number of pyridine rings is 1. The number of hydrogen-bond donors (Lipinski definition) is 1. The van der Waals surface area contributed by atoms with Gasteiger partial charge in [0.2, 0.25) is 5.91 Å². The van der Waals surface area contributed by atoms with Crippen molar-refractivity contribution in [3.63, 3.8) is 0 Å². The van der Waals surface area contributed by atoms with Gasteiger partial charge >= 0.3 is 0 Å². The molecule has 0 saturated heterocycles. The van der Waals surface area contributed by atoms with E-state index >= 15 is 0 Å². The lowest BCUT2D eigenvalue weighted by molar-refractivity contribution is -0.129. The molecule has 1 fully saturated rings. The van der Waals surface area contributed by atoms with Gasteiger partial charge in [-0.3, -0.25) is 9.78 Å². The first-order valence-electron chi connectivity index (χ1n) is 6.84. The molecule has 4 heteroatoms. The summed E-state index contributed by atoms with van der Waals surface area (Å²) in [5, 5.41) is 3.11. The molecule has 0 bridgehead atoms. The number of carbonyl (C=O) groups is 1. The molecule has 19 heavy (non-hydrogen) atoms. The molecule has 1 heterocycles. The molecule has 4 nitrogen and oxygen atoms in total. The summed E-state index contributed by atoms with van der Waals surface area (Å²) in [7, 11) is 1.65. The average molecular weight is 262 g/mol. The first kappa shape index (κ1) is 14.0. The molecule has 0 radical (unpaired) electrons. The van der Waals surface area contributed by atoms with Gasteiger partial charge in [-0.25, -0.2) is 0 Å². The molecule has 104 valence electrons. The van der Waals surface area contributed by atoms with Gasteiger partial charge in [0.05, 0.1) is 23.8 Å². The van der Waals surface area contributed by atoms with Crippen LogP contribution in [-0.4, -0.2) is 24.6 Å². The molecule has 1 aliphatic carbocycles. The second-order valence-electron chi connectivity index (χ2n) is 5.41. The van der Waals surface area contributed by atoms with Crippen molar-refractivity contribution in [2.45, 2.75) is 39.2 Å². The third-order valence-electron chi connectivity index (χ3n) is 3.76. The zero-order valence-electron chi connectivity index (χ0n) is 11.9. The van der Waals surface area contributed by atoms with Gasteiger partial charge in [-0.1, -0.05) is 13.0 Å². The number of methoxy groups -OCH3 is 1. The molecule has 1 unspecified atom stereocenters. The van der Waals surface area contributed by atoms with Crippen LogP contribution in [-0.2, 0) is 9.53 Å². The highest BCUT2D eigenvalue weighted by atomic mass is 16.5. The molecule has 0 aromatic carbocycles. The minimum Gasteiger partial charge on any atom is -0.384 e. The third kappa shape index (κ3) is 3.13. The van der Waals surface area contributed by atoms with E-state index in [4.69, 9.17) is 4.74 Å². The van der Waals surface area contributed by atoms with Gasteiger partial charge < -0.3 is 10.1 Å². The highest BCUT2D eigenvalue weighted by Gasteiger charge is 2.50. The van der Waals surface area contributed by atoms with Crippen LogP contribution in [0.3, 0.4) is 0 Å². The van der Waals surface area contributed by atoms with Crippen LogP contribution in [0.15, 0.2) is 18.3 Å². The predicted octanol–water partition coefficient (Wildman–Crippen LogP) is 2.38. The van der Waals surface area contributed by atoms with E-state index < -0.39 is 0 Å². The van der Waals surface area contributed by atoms with Crippen molar-refractivity contribution in [1.29, 1.82) is 0 Å². The Labute approximate surface area is 114 Å². The maximum absolute atomic E-state index is 12.3. The van der Waals surface area contributed by atoms with Gasteiger partial charge in [-0.2, -0.15) is 0 Å². The largest absolute Gasteiger partial charge is 0.384 e. The molecule has 1 amide bonds. The highest BCUT2D eigenvalue weighted by molar-refractivity contribution is 5.85. The summed E-state index contributed by atoms with van der Waals surface area (Å²) >= 11 is 0. The summed E-state index contributed by atoms with van der Waals surface area (Å²) in [6.45, 7) is 4.58. The van der Waals surface area contributed by atoms with Crippen LogP contribution < -0.4 is 5.32 Å².